The Morgan fingerprint density at radius 2 is 1.77 bits per heavy atom. The van der Waals surface area contributed by atoms with E-state index in [4.69, 9.17) is 0 Å². The van der Waals surface area contributed by atoms with Crippen LogP contribution in [-0.4, -0.2) is 17.4 Å². The molecule has 1 aliphatic carbocycles. The van der Waals surface area contributed by atoms with E-state index in [1.165, 1.54) is 11.1 Å². The molecular weight excluding hydrogens is 272 g/mol. The molecule has 1 amide bonds. The predicted octanol–water partition coefficient (Wildman–Crippen LogP) is 3.15. The lowest BCUT2D eigenvalue weighted by Crippen LogP contribution is -2.47. The average molecular weight is 294 g/mol. The molecule has 0 radical (unpaired) electrons. The number of nitrogens with one attached hydrogen (secondary N) is 1. The maximum Gasteiger partial charge on any atom is 0.226 e. The summed E-state index contributed by atoms with van der Waals surface area (Å²) >= 11 is 0. The van der Waals surface area contributed by atoms with Gasteiger partial charge in [0.15, 0.2) is 0 Å². The van der Waals surface area contributed by atoms with Crippen LogP contribution in [-0.2, 0) is 17.6 Å². The van der Waals surface area contributed by atoms with Gasteiger partial charge in [-0.1, -0.05) is 36.8 Å². The molecular formula is C19H22N2O. The minimum atomic E-state index is -0.181. The maximum absolute atomic E-state index is 12.6. The van der Waals surface area contributed by atoms with Gasteiger partial charge >= 0.3 is 0 Å². The van der Waals surface area contributed by atoms with Crippen molar-refractivity contribution in [3.8, 4) is 0 Å². The van der Waals surface area contributed by atoms with Crippen molar-refractivity contribution < 1.29 is 4.79 Å². The molecule has 1 heterocycles. The number of hydrogen-bond acceptors (Lipinski definition) is 2. The molecule has 3 nitrogen and oxygen atoms in total. The molecule has 1 aromatic heterocycles. The Labute approximate surface area is 131 Å². The van der Waals surface area contributed by atoms with Crippen LogP contribution in [0.15, 0.2) is 54.9 Å². The second-order valence-electron chi connectivity index (χ2n) is 6.16. The third-order valence-corrected chi connectivity index (χ3v) is 4.63. The summed E-state index contributed by atoms with van der Waals surface area (Å²) in [4.78, 5) is 16.6. The van der Waals surface area contributed by atoms with Crippen molar-refractivity contribution in [1.29, 1.82) is 0 Å². The molecule has 22 heavy (non-hydrogen) atoms. The van der Waals surface area contributed by atoms with E-state index in [1.54, 1.807) is 12.4 Å². The van der Waals surface area contributed by atoms with Gasteiger partial charge in [0, 0.05) is 18.9 Å². The molecule has 2 aromatic rings. The number of benzene rings is 1. The number of amides is 1. The summed E-state index contributed by atoms with van der Waals surface area (Å²) in [6.45, 7) is 0.694. The van der Waals surface area contributed by atoms with E-state index in [-0.39, 0.29) is 11.3 Å². The molecule has 0 atom stereocenters. The first-order valence-electron chi connectivity index (χ1n) is 8.00. The Morgan fingerprint density at radius 1 is 1.05 bits per heavy atom. The normalized spacial score (nSPS) is 15.8. The molecule has 1 aromatic carbocycles. The fourth-order valence-electron chi connectivity index (χ4n) is 3.13. The molecule has 0 unspecified atom stereocenters. The number of rotatable bonds is 6. The summed E-state index contributed by atoms with van der Waals surface area (Å²) in [5.41, 5.74) is 2.28. The lowest BCUT2D eigenvalue weighted by Gasteiger charge is -2.40. The van der Waals surface area contributed by atoms with E-state index in [9.17, 15) is 4.79 Å². The highest BCUT2D eigenvalue weighted by atomic mass is 16.2. The zero-order valence-corrected chi connectivity index (χ0v) is 12.8. The van der Waals surface area contributed by atoms with E-state index >= 15 is 0 Å². The van der Waals surface area contributed by atoms with E-state index in [0.29, 0.717) is 6.54 Å². The lowest BCUT2D eigenvalue weighted by atomic mass is 9.64. The zero-order chi connectivity index (χ0) is 15.3. The Morgan fingerprint density at radius 3 is 2.41 bits per heavy atom. The summed E-state index contributed by atoms with van der Waals surface area (Å²) in [5.74, 6) is 0.219. The largest absolute Gasteiger partial charge is 0.355 e. The van der Waals surface area contributed by atoms with Gasteiger partial charge in [-0.3, -0.25) is 9.78 Å². The number of pyridine rings is 1. The molecule has 1 fully saturated rings. The summed E-state index contributed by atoms with van der Waals surface area (Å²) in [7, 11) is 0. The third-order valence-electron chi connectivity index (χ3n) is 4.63. The zero-order valence-electron chi connectivity index (χ0n) is 12.8. The van der Waals surface area contributed by atoms with Crippen LogP contribution in [0.2, 0.25) is 0 Å². The Bertz CT molecular complexity index is 606. The minimum Gasteiger partial charge on any atom is -0.355 e. The number of aromatic nitrogens is 1. The fourth-order valence-corrected chi connectivity index (χ4v) is 3.13. The van der Waals surface area contributed by atoms with Crippen molar-refractivity contribution in [3.63, 3.8) is 0 Å². The van der Waals surface area contributed by atoms with E-state index < -0.39 is 0 Å². The van der Waals surface area contributed by atoms with Gasteiger partial charge in [-0.25, -0.2) is 0 Å². The molecule has 1 saturated carbocycles. The monoisotopic (exact) mass is 294 g/mol. The Balaban J connectivity index is 1.55. The topological polar surface area (TPSA) is 42.0 Å². The van der Waals surface area contributed by atoms with Gasteiger partial charge in [-0.15, -0.1) is 0 Å². The second kappa shape index (κ2) is 6.73. The van der Waals surface area contributed by atoms with Crippen molar-refractivity contribution in [2.24, 2.45) is 5.41 Å². The van der Waals surface area contributed by atoms with Gasteiger partial charge < -0.3 is 5.32 Å². The predicted molar refractivity (Wildman–Crippen MR) is 87.4 cm³/mol. The van der Waals surface area contributed by atoms with E-state index in [2.05, 4.69) is 22.4 Å². The van der Waals surface area contributed by atoms with Crippen LogP contribution >= 0.6 is 0 Å². The van der Waals surface area contributed by atoms with Crippen molar-refractivity contribution in [2.75, 3.05) is 6.54 Å². The molecule has 1 aliphatic rings. The highest BCUT2D eigenvalue weighted by molar-refractivity contribution is 5.83. The van der Waals surface area contributed by atoms with Crippen LogP contribution in [0.1, 0.15) is 30.4 Å². The Kier molecular flexibility index (Phi) is 4.52. The van der Waals surface area contributed by atoms with Crippen LogP contribution in [0.25, 0.3) is 0 Å². The van der Waals surface area contributed by atoms with Crippen LogP contribution < -0.4 is 5.32 Å². The quantitative estimate of drug-likeness (QED) is 0.889. The minimum absolute atomic E-state index is 0.181. The molecule has 0 aliphatic heterocycles. The van der Waals surface area contributed by atoms with Gasteiger partial charge in [0.05, 0.1) is 5.41 Å². The molecule has 3 rings (SSSR count). The summed E-state index contributed by atoms with van der Waals surface area (Å²) < 4.78 is 0. The van der Waals surface area contributed by atoms with Crippen molar-refractivity contribution in [1.82, 2.24) is 10.3 Å². The van der Waals surface area contributed by atoms with Gasteiger partial charge in [0.1, 0.15) is 0 Å². The molecule has 0 spiro atoms. The van der Waals surface area contributed by atoms with Crippen molar-refractivity contribution in [3.05, 3.63) is 66.0 Å². The van der Waals surface area contributed by atoms with Crippen molar-refractivity contribution in [2.45, 2.75) is 32.1 Å². The molecule has 0 saturated heterocycles. The summed E-state index contributed by atoms with van der Waals surface area (Å²) in [6.07, 6.45) is 8.46. The molecule has 114 valence electrons. The molecule has 3 heteroatoms. The number of carbonyl (C=O) groups is 1. The number of carbonyl (C=O) groups excluding carboxylic acids is 1. The standard InChI is InChI=1S/C19H22N2O/c22-18(21-14-9-16-7-12-20-13-8-16)19(10-4-11-19)15-17-5-2-1-3-6-17/h1-3,5-8,12-13H,4,9-11,14-15H2,(H,21,22). The molecule has 0 bridgehead atoms. The van der Waals surface area contributed by atoms with Crippen LogP contribution in [0.3, 0.4) is 0 Å². The number of nitrogens with zero attached hydrogens (tertiary/aromatic N) is 1. The van der Waals surface area contributed by atoms with Crippen LogP contribution in [0.5, 0.6) is 0 Å². The van der Waals surface area contributed by atoms with Crippen molar-refractivity contribution >= 4 is 5.91 Å². The summed E-state index contributed by atoms with van der Waals surface area (Å²) in [5, 5.41) is 3.13. The highest BCUT2D eigenvalue weighted by Gasteiger charge is 2.43. The first-order valence-corrected chi connectivity index (χ1v) is 8.00. The smallest absolute Gasteiger partial charge is 0.226 e. The SMILES string of the molecule is O=C(NCCc1ccncc1)C1(Cc2ccccc2)CCC1. The van der Waals surface area contributed by atoms with E-state index in [1.807, 2.05) is 30.3 Å². The van der Waals surface area contributed by atoms with Crippen LogP contribution in [0, 0.1) is 5.41 Å². The second-order valence-corrected chi connectivity index (χ2v) is 6.16. The fraction of sp³-hybridized carbons (Fsp3) is 0.368. The number of hydrogen-bond donors (Lipinski definition) is 1. The van der Waals surface area contributed by atoms with Crippen LogP contribution in [0.4, 0.5) is 0 Å². The first-order chi connectivity index (χ1) is 10.8. The van der Waals surface area contributed by atoms with Gasteiger partial charge in [0.25, 0.3) is 0 Å². The highest BCUT2D eigenvalue weighted by Crippen LogP contribution is 2.43. The molecule has 1 N–H and O–H groups in total. The summed E-state index contributed by atoms with van der Waals surface area (Å²) in [6, 6.07) is 14.3. The van der Waals surface area contributed by atoms with Gasteiger partial charge in [0.2, 0.25) is 5.91 Å². The average Bonchev–Trinajstić information content (AvgIpc) is 2.53. The maximum atomic E-state index is 12.6. The van der Waals surface area contributed by atoms with Gasteiger partial charge in [-0.05, 0) is 48.9 Å². The van der Waals surface area contributed by atoms with E-state index in [0.717, 1.165) is 32.1 Å². The van der Waals surface area contributed by atoms with Gasteiger partial charge in [-0.2, -0.15) is 0 Å². The first kappa shape index (κ1) is 14.8. The lowest BCUT2D eigenvalue weighted by molar-refractivity contribution is -0.135. The third kappa shape index (κ3) is 3.35. The Hall–Kier alpha value is -2.16.